The van der Waals surface area contributed by atoms with E-state index < -0.39 is 29.7 Å². The number of hydrogen-bond donors (Lipinski definition) is 1. The third-order valence-corrected chi connectivity index (χ3v) is 5.39. The molecular formula is C23H21Cl2N3O4. The lowest BCUT2D eigenvalue weighted by molar-refractivity contribution is -0.137. The van der Waals surface area contributed by atoms with Gasteiger partial charge in [-0.05, 0) is 62.2 Å². The summed E-state index contributed by atoms with van der Waals surface area (Å²) in [7, 11) is 0. The van der Waals surface area contributed by atoms with Crippen molar-refractivity contribution in [2.45, 2.75) is 33.2 Å². The van der Waals surface area contributed by atoms with Crippen LogP contribution in [-0.4, -0.2) is 34.7 Å². The Bertz CT molecular complexity index is 1130. The van der Waals surface area contributed by atoms with Gasteiger partial charge in [0.05, 0.1) is 22.7 Å². The molecule has 1 aliphatic rings. The maximum atomic E-state index is 13.2. The number of hydrogen-bond acceptors (Lipinski definition) is 4. The first kappa shape index (κ1) is 23.5. The Labute approximate surface area is 195 Å². The molecule has 0 aromatic heterocycles. The van der Waals surface area contributed by atoms with Crippen LogP contribution in [0.25, 0.3) is 0 Å². The van der Waals surface area contributed by atoms with E-state index in [1.165, 1.54) is 30.4 Å². The predicted molar refractivity (Wildman–Crippen MR) is 122 cm³/mol. The zero-order chi connectivity index (χ0) is 23.6. The molecule has 166 valence electrons. The summed E-state index contributed by atoms with van der Waals surface area (Å²) in [5.74, 6) is -2.45. The highest BCUT2D eigenvalue weighted by Crippen LogP contribution is 2.28. The van der Waals surface area contributed by atoms with Gasteiger partial charge in [-0.2, -0.15) is 0 Å². The molecule has 0 radical (unpaired) electrons. The van der Waals surface area contributed by atoms with Gasteiger partial charge in [0, 0.05) is 11.1 Å². The minimum absolute atomic E-state index is 0.0669. The standard InChI is InChI=1S/C23H21Cl2N3O4/c1-4-5-20(29)28(26-22(31)17-7-6-15(24)11-18(17)25)19-12-21(30)27(23(19)32)16-9-13(2)8-14(3)10-16/h4-11,19H,12H2,1-3H3,(H,26,31). The molecule has 2 aromatic carbocycles. The summed E-state index contributed by atoms with van der Waals surface area (Å²) in [5.41, 5.74) is 4.69. The van der Waals surface area contributed by atoms with Gasteiger partial charge in [-0.3, -0.25) is 24.6 Å². The molecule has 0 saturated carbocycles. The lowest BCUT2D eigenvalue weighted by Crippen LogP contribution is -2.54. The van der Waals surface area contributed by atoms with Gasteiger partial charge in [0.25, 0.3) is 17.7 Å². The number of carbonyl (C=O) groups is 4. The Hall–Kier alpha value is -3.16. The van der Waals surface area contributed by atoms with E-state index in [2.05, 4.69) is 5.43 Å². The first-order valence-corrected chi connectivity index (χ1v) is 10.5. The smallest absolute Gasteiger partial charge is 0.271 e. The maximum absolute atomic E-state index is 13.2. The normalized spacial score (nSPS) is 16.0. The molecule has 32 heavy (non-hydrogen) atoms. The third-order valence-electron chi connectivity index (χ3n) is 4.84. The summed E-state index contributed by atoms with van der Waals surface area (Å²) in [4.78, 5) is 52.5. The number of nitrogens with one attached hydrogen (secondary N) is 1. The van der Waals surface area contributed by atoms with Crippen LogP contribution in [-0.2, 0) is 14.4 Å². The molecule has 7 nitrogen and oxygen atoms in total. The molecule has 1 saturated heterocycles. The number of carbonyl (C=O) groups excluding carboxylic acids is 4. The number of benzene rings is 2. The van der Waals surface area contributed by atoms with Gasteiger partial charge in [-0.1, -0.05) is 35.3 Å². The van der Waals surface area contributed by atoms with Crippen molar-refractivity contribution in [1.29, 1.82) is 0 Å². The van der Waals surface area contributed by atoms with Crippen LogP contribution < -0.4 is 10.3 Å². The molecule has 1 fully saturated rings. The molecule has 1 aliphatic heterocycles. The van der Waals surface area contributed by atoms with E-state index in [1.807, 2.05) is 19.9 Å². The van der Waals surface area contributed by atoms with E-state index >= 15 is 0 Å². The Morgan fingerprint density at radius 1 is 1.09 bits per heavy atom. The molecule has 0 aliphatic carbocycles. The SMILES string of the molecule is CC=CC(=O)N(NC(=O)c1ccc(Cl)cc1Cl)C1CC(=O)N(c2cc(C)cc(C)c2)C1=O. The number of nitrogens with zero attached hydrogens (tertiary/aromatic N) is 2. The molecule has 9 heteroatoms. The lowest BCUT2D eigenvalue weighted by atomic mass is 10.1. The van der Waals surface area contributed by atoms with Crippen molar-refractivity contribution in [3.8, 4) is 0 Å². The van der Waals surface area contributed by atoms with Crippen molar-refractivity contribution in [2.75, 3.05) is 4.90 Å². The number of amides is 4. The van der Waals surface area contributed by atoms with Crippen molar-refractivity contribution in [3.05, 3.63) is 75.3 Å². The summed E-state index contributed by atoms with van der Waals surface area (Å²) >= 11 is 12.0. The number of hydrazine groups is 1. The fourth-order valence-electron chi connectivity index (χ4n) is 3.52. The van der Waals surface area contributed by atoms with E-state index in [1.54, 1.807) is 19.1 Å². The van der Waals surface area contributed by atoms with Crippen molar-refractivity contribution in [1.82, 2.24) is 10.4 Å². The summed E-state index contributed by atoms with van der Waals surface area (Å²) in [6.45, 7) is 5.34. The highest BCUT2D eigenvalue weighted by Gasteiger charge is 2.45. The molecule has 2 aromatic rings. The summed E-state index contributed by atoms with van der Waals surface area (Å²) in [6.07, 6.45) is 2.39. The molecule has 4 amide bonds. The molecular weight excluding hydrogens is 453 g/mol. The first-order chi connectivity index (χ1) is 15.1. The van der Waals surface area contributed by atoms with E-state index in [9.17, 15) is 19.2 Å². The topological polar surface area (TPSA) is 86.8 Å². The predicted octanol–water partition coefficient (Wildman–Crippen LogP) is 3.99. The molecule has 1 heterocycles. The minimum atomic E-state index is -1.21. The van der Waals surface area contributed by atoms with E-state index in [4.69, 9.17) is 23.2 Å². The van der Waals surface area contributed by atoms with Crippen LogP contribution in [0.2, 0.25) is 10.0 Å². The number of halogens is 2. The summed E-state index contributed by atoms with van der Waals surface area (Å²) in [6, 6.07) is 8.42. The minimum Gasteiger partial charge on any atom is -0.274 e. The number of anilines is 1. The number of aryl methyl sites for hydroxylation is 2. The van der Waals surface area contributed by atoms with Crippen molar-refractivity contribution >= 4 is 52.5 Å². The number of imide groups is 1. The van der Waals surface area contributed by atoms with Crippen LogP contribution in [0.4, 0.5) is 5.69 Å². The maximum Gasteiger partial charge on any atom is 0.271 e. The van der Waals surface area contributed by atoms with Gasteiger partial charge in [0.15, 0.2) is 0 Å². The highest BCUT2D eigenvalue weighted by atomic mass is 35.5. The molecule has 3 rings (SSSR count). The average molecular weight is 474 g/mol. The first-order valence-electron chi connectivity index (χ1n) is 9.79. The monoisotopic (exact) mass is 473 g/mol. The van der Waals surface area contributed by atoms with Crippen LogP contribution in [0.15, 0.2) is 48.6 Å². The van der Waals surface area contributed by atoms with Crippen molar-refractivity contribution in [3.63, 3.8) is 0 Å². The zero-order valence-corrected chi connectivity index (χ0v) is 19.2. The largest absolute Gasteiger partial charge is 0.274 e. The average Bonchev–Trinajstić information content (AvgIpc) is 2.99. The highest BCUT2D eigenvalue weighted by molar-refractivity contribution is 6.36. The van der Waals surface area contributed by atoms with Gasteiger partial charge in [0.2, 0.25) is 5.91 Å². The fourth-order valence-corrected chi connectivity index (χ4v) is 4.02. The van der Waals surface area contributed by atoms with Gasteiger partial charge in [-0.25, -0.2) is 9.91 Å². The lowest BCUT2D eigenvalue weighted by Gasteiger charge is -2.27. The molecule has 1 unspecified atom stereocenters. The van der Waals surface area contributed by atoms with Crippen molar-refractivity contribution in [2.24, 2.45) is 0 Å². The number of rotatable bonds is 4. The van der Waals surface area contributed by atoms with Gasteiger partial charge >= 0.3 is 0 Å². The van der Waals surface area contributed by atoms with E-state index in [-0.39, 0.29) is 17.0 Å². The van der Waals surface area contributed by atoms with Gasteiger partial charge < -0.3 is 0 Å². The molecule has 1 atom stereocenters. The fraction of sp³-hybridized carbons (Fsp3) is 0.217. The van der Waals surface area contributed by atoms with E-state index in [0.29, 0.717) is 10.7 Å². The molecule has 1 N–H and O–H groups in total. The Morgan fingerprint density at radius 3 is 2.34 bits per heavy atom. The van der Waals surface area contributed by atoms with Gasteiger partial charge in [-0.15, -0.1) is 0 Å². The second kappa shape index (κ2) is 9.54. The van der Waals surface area contributed by atoms with Crippen LogP contribution in [0.5, 0.6) is 0 Å². The Balaban J connectivity index is 1.93. The van der Waals surface area contributed by atoms with Crippen LogP contribution >= 0.6 is 23.2 Å². The van der Waals surface area contributed by atoms with Gasteiger partial charge in [0.1, 0.15) is 6.04 Å². The third kappa shape index (κ3) is 4.84. The van der Waals surface area contributed by atoms with Crippen LogP contribution in [0, 0.1) is 13.8 Å². The van der Waals surface area contributed by atoms with E-state index in [0.717, 1.165) is 21.0 Å². The second-order valence-electron chi connectivity index (χ2n) is 7.41. The quantitative estimate of drug-likeness (QED) is 0.413. The summed E-state index contributed by atoms with van der Waals surface area (Å²) in [5, 5.41) is 1.30. The Morgan fingerprint density at radius 2 is 1.75 bits per heavy atom. The Kier molecular flexibility index (Phi) is 7.01. The van der Waals surface area contributed by atoms with Crippen LogP contribution in [0.3, 0.4) is 0 Å². The van der Waals surface area contributed by atoms with Crippen molar-refractivity contribution < 1.29 is 19.2 Å². The zero-order valence-electron chi connectivity index (χ0n) is 17.7. The summed E-state index contributed by atoms with van der Waals surface area (Å²) < 4.78 is 0. The molecule has 0 bridgehead atoms. The molecule has 0 spiro atoms. The van der Waals surface area contributed by atoms with Crippen LogP contribution in [0.1, 0.15) is 34.8 Å². The second-order valence-corrected chi connectivity index (χ2v) is 8.25. The number of allylic oxidation sites excluding steroid dienone is 1.